The molecule has 0 aliphatic rings. The molecule has 21 heavy (non-hydrogen) atoms. The molecule has 5 heteroatoms. The SMILES string of the molecule is Cc1nnc(Oc2ccccc2C(=O)O)c2ccccc12. The van der Waals surface area contributed by atoms with Crippen molar-refractivity contribution in [2.75, 3.05) is 0 Å². The summed E-state index contributed by atoms with van der Waals surface area (Å²) in [5, 5.41) is 19.0. The molecular weight excluding hydrogens is 268 g/mol. The van der Waals surface area contributed by atoms with Crippen molar-refractivity contribution in [3.63, 3.8) is 0 Å². The summed E-state index contributed by atoms with van der Waals surface area (Å²) in [5.41, 5.74) is 0.883. The van der Waals surface area contributed by atoms with Gasteiger partial charge in [-0.3, -0.25) is 0 Å². The van der Waals surface area contributed by atoms with Gasteiger partial charge in [-0.1, -0.05) is 30.3 Å². The molecule has 0 saturated heterocycles. The lowest BCUT2D eigenvalue weighted by Crippen LogP contribution is -2.01. The van der Waals surface area contributed by atoms with Crippen molar-refractivity contribution in [1.82, 2.24) is 10.2 Å². The summed E-state index contributed by atoms with van der Waals surface area (Å²) in [7, 11) is 0. The Kier molecular flexibility index (Phi) is 3.23. The molecule has 0 spiro atoms. The summed E-state index contributed by atoms with van der Waals surface area (Å²) in [5.74, 6) is -0.506. The van der Waals surface area contributed by atoms with Crippen molar-refractivity contribution in [3.8, 4) is 11.6 Å². The van der Waals surface area contributed by atoms with Crippen LogP contribution in [-0.4, -0.2) is 21.3 Å². The van der Waals surface area contributed by atoms with Crippen molar-refractivity contribution >= 4 is 16.7 Å². The van der Waals surface area contributed by atoms with Crippen LogP contribution in [0, 0.1) is 6.92 Å². The smallest absolute Gasteiger partial charge is 0.339 e. The summed E-state index contributed by atoms with van der Waals surface area (Å²) in [6.07, 6.45) is 0. The third-order valence-electron chi connectivity index (χ3n) is 3.16. The van der Waals surface area contributed by atoms with E-state index < -0.39 is 5.97 Å². The van der Waals surface area contributed by atoms with Crippen LogP contribution in [0.1, 0.15) is 16.1 Å². The molecule has 3 aromatic rings. The van der Waals surface area contributed by atoms with Gasteiger partial charge in [0, 0.05) is 10.8 Å². The van der Waals surface area contributed by atoms with Gasteiger partial charge < -0.3 is 9.84 Å². The number of aromatic carboxylic acids is 1. The number of fused-ring (bicyclic) bond motifs is 1. The number of benzene rings is 2. The zero-order valence-corrected chi connectivity index (χ0v) is 11.3. The number of aromatic nitrogens is 2. The molecule has 1 heterocycles. The number of carbonyl (C=O) groups is 1. The van der Waals surface area contributed by atoms with Gasteiger partial charge in [0.15, 0.2) is 0 Å². The Balaban J connectivity index is 2.11. The van der Waals surface area contributed by atoms with Gasteiger partial charge in [0.2, 0.25) is 5.88 Å². The molecule has 104 valence electrons. The van der Waals surface area contributed by atoms with Crippen molar-refractivity contribution in [2.24, 2.45) is 0 Å². The Hall–Kier alpha value is -2.95. The van der Waals surface area contributed by atoms with Gasteiger partial charge in [0.25, 0.3) is 0 Å². The Bertz CT molecular complexity index is 831. The van der Waals surface area contributed by atoms with Gasteiger partial charge >= 0.3 is 5.97 Å². The predicted octanol–water partition coefficient (Wildman–Crippen LogP) is 3.43. The van der Waals surface area contributed by atoms with Gasteiger partial charge in [-0.05, 0) is 25.1 Å². The first-order valence-electron chi connectivity index (χ1n) is 6.39. The van der Waals surface area contributed by atoms with E-state index in [4.69, 9.17) is 4.74 Å². The first-order chi connectivity index (χ1) is 10.2. The molecule has 0 fully saturated rings. The van der Waals surface area contributed by atoms with Crippen LogP contribution in [0.3, 0.4) is 0 Å². The first-order valence-corrected chi connectivity index (χ1v) is 6.39. The van der Waals surface area contributed by atoms with E-state index in [2.05, 4.69) is 10.2 Å². The Morgan fingerprint density at radius 2 is 1.67 bits per heavy atom. The second-order valence-electron chi connectivity index (χ2n) is 4.54. The maximum absolute atomic E-state index is 11.2. The fourth-order valence-electron chi connectivity index (χ4n) is 2.13. The van der Waals surface area contributed by atoms with E-state index in [0.717, 1.165) is 16.5 Å². The molecule has 2 aromatic carbocycles. The standard InChI is InChI=1S/C16H12N2O3/c1-10-11-6-2-3-7-12(11)15(18-17-10)21-14-9-5-4-8-13(14)16(19)20/h2-9H,1H3,(H,19,20). The summed E-state index contributed by atoms with van der Waals surface area (Å²) < 4.78 is 5.68. The predicted molar refractivity (Wildman–Crippen MR) is 77.8 cm³/mol. The molecule has 3 rings (SSSR count). The van der Waals surface area contributed by atoms with E-state index in [1.54, 1.807) is 18.2 Å². The van der Waals surface area contributed by atoms with Gasteiger partial charge in [-0.15, -0.1) is 5.10 Å². The fourth-order valence-corrected chi connectivity index (χ4v) is 2.13. The molecule has 5 nitrogen and oxygen atoms in total. The zero-order chi connectivity index (χ0) is 14.8. The van der Waals surface area contributed by atoms with E-state index in [-0.39, 0.29) is 11.3 Å². The summed E-state index contributed by atoms with van der Waals surface area (Å²) >= 11 is 0. The average Bonchev–Trinajstić information content (AvgIpc) is 2.51. The quantitative estimate of drug-likeness (QED) is 0.795. The molecule has 0 aliphatic carbocycles. The number of carboxylic acid groups (broad SMARTS) is 1. The molecule has 0 aliphatic heterocycles. The minimum absolute atomic E-state index is 0.0870. The number of para-hydroxylation sites is 1. The zero-order valence-electron chi connectivity index (χ0n) is 11.3. The maximum atomic E-state index is 11.2. The molecule has 1 N–H and O–H groups in total. The topological polar surface area (TPSA) is 72.3 Å². The number of aryl methyl sites for hydroxylation is 1. The van der Waals surface area contributed by atoms with Crippen LogP contribution in [0.15, 0.2) is 48.5 Å². The lowest BCUT2D eigenvalue weighted by molar-refractivity contribution is 0.0694. The highest BCUT2D eigenvalue weighted by molar-refractivity contribution is 5.92. The van der Waals surface area contributed by atoms with Crippen LogP contribution in [-0.2, 0) is 0 Å². The molecule has 0 unspecified atom stereocenters. The van der Waals surface area contributed by atoms with Crippen LogP contribution < -0.4 is 4.74 Å². The second kappa shape index (κ2) is 5.20. The Morgan fingerprint density at radius 3 is 2.43 bits per heavy atom. The molecule has 1 aromatic heterocycles. The number of nitrogens with zero attached hydrogens (tertiary/aromatic N) is 2. The fraction of sp³-hybridized carbons (Fsp3) is 0.0625. The number of carboxylic acids is 1. The average molecular weight is 280 g/mol. The highest BCUT2D eigenvalue weighted by Gasteiger charge is 2.14. The van der Waals surface area contributed by atoms with Gasteiger partial charge in [0.1, 0.15) is 11.3 Å². The van der Waals surface area contributed by atoms with Gasteiger partial charge in [0.05, 0.1) is 5.69 Å². The van der Waals surface area contributed by atoms with Crippen LogP contribution in [0.4, 0.5) is 0 Å². The lowest BCUT2D eigenvalue weighted by atomic mass is 10.1. The molecule has 0 radical (unpaired) electrons. The maximum Gasteiger partial charge on any atom is 0.339 e. The lowest BCUT2D eigenvalue weighted by Gasteiger charge is -2.10. The van der Waals surface area contributed by atoms with Crippen LogP contribution in [0.5, 0.6) is 11.6 Å². The number of hydrogen-bond acceptors (Lipinski definition) is 4. The van der Waals surface area contributed by atoms with E-state index in [0.29, 0.717) is 5.88 Å². The number of ether oxygens (including phenoxy) is 1. The largest absolute Gasteiger partial charge is 0.478 e. The Morgan fingerprint density at radius 1 is 1.00 bits per heavy atom. The van der Waals surface area contributed by atoms with Crippen LogP contribution in [0.2, 0.25) is 0 Å². The molecular formula is C16H12N2O3. The minimum atomic E-state index is -1.05. The van der Waals surface area contributed by atoms with E-state index in [9.17, 15) is 9.90 Å². The summed E-state index contributed by atoms with van der Waals surface area (Å²) in [4.78, 5) is 11.2. The molecule has 0 amide bonds. The van der Waals surface area contributed by atoms with E-state index in [1.807, 2.05) is 31.2 Å². The first kappa shape index (κ1) is 13.1. The van der Waals surface area contributed by atoms with E-state index in [1.165, 1.54) is 6.07 Å². The Labute approximate surface area is 120 Å². The minimum Gasteiger partial charge on any atom is -0.478 e. The van der Waals surface area contributed by atoms with Crippen LogP contribution in [0.25, 0.3) is 10.8 Å². The molecule has 0 bridgehead atoms. The summed E-state index contributed by atoms with van der Waals surface area (Å²) in [6.45, 7) is 1.87. The third-order valence-corrected chi connectivity index (χ3v) is 3.16. The molecule has 0 saturated carbocycles. The number of rotatable bonds is 3. The van der Waals surface area contributed by atoms with Crippen molar-refractivity contribution < 1.29 is 14.6 Å². The van der Waals surface area contributed by atoms with Crippen molar-refractivity contribution in [3.05, 3.63) is 59.8 Å². The number of hydrogen-bond donors (Lipinski definition) is 1. The summed E-state index contributed by atoms with van der Waals surface area (Å²) in [6, 6.07) is 14.0. The van der Waals surface area contributed by atoms with E-state index >= 15 is 0 Å². The molecule has 0 atom stereocenters. The van der Waals surface area contributed by atoms with Crippen molar-refractivity contribution in [1.29, 1.82) is 0 Å². The normalized spacial score (nSPS) is 10.5. The van der Waals surface area contributed by atoms with Crippen molar-refractivity contribution in [2.45, 2.75) is 6.92 Å². The van der Waals surface area contributed by atoms with Gasteiger partial charge in [-0.25, -0.2) is 4.79 Å². The third kappa shape index (κ3) is 2.41. The highest BCUT2D eigenvalue weighted by atomic mass is 16.5. The van der Waals surface area contributed by atoms with Gasteiger partial charge in [-0.2, -0.15) is 5.10 Å². The highest BCUT2D eigenvalue weighted by Crippen LogP contribution is 2.30. The van der Waals surface area contributed by atoms with Crippen LogP contribution >= 0.6 is 0 Å². The second-order valence-corrected chi connectivity index (χ2v) is 4.54. The monoisotopic (exact) mass is 280 g/mol.